The lowest BCUT2D eigenvalue weighted by atomic mass is 9.65. The monoisotopic (exact) mass is 563 g/mol. The molecule has 0 unspecified atom stereocenters. The Hall–Kier alpha value is -3.18. The number of sulfonamides is 1. The maximum Gasteiger partial charge on any atom is 0.573 e. The summed E-state index contributed by atoms with van der Waals surface area (Å²) in [7, 11) is -3.54. The van der Waals surface area contributed by atoms with Crippen molar-refractivity contribution in [2.75, 3.05) is 11.8 Å². The van der Waals surface area contributed by atoms with Crippen LogP contribution in [0.1, 0.15) is 35.2 Å². The number of hydrogen-bond acceptors (Lipinski definition) is 7. The highest BCUT2D eigenvalue weighted by molar-refractivity contribution is 9.10. The molecule has 1 amide bonds. The smallest absolute Gasteiger partial charge is 0.505 e. The summed E-state index contributed by atoms with van der Waals surface area (Å²) in [5.41, 5.74) is -1.55. The summed E-state index contributed by atoms with van der Waals surface area (Å²) in [6, 6.07) is 6.13. The van der Waals surface area contributed by atoms with E-state index in [0.29, 0.717) is 12.8 Å². The number of nitriles is 1. The van der Waals surface area contributed by atoms with E-state index in [1.807, 2.05) is 4.72 Å². The quantitative estimate of drug-likeness (QED) is 0.390. The van der Waals surface area contributed by atoms with Gasteiger partial charge in [0, 0.05) is 11.5 Å². The number of nitrogens with zero attached hydrogens (tertiary/aromatic N) is 1. The lowest BCUT2D eigenvalue weighted by molar-refractivity contribution is -0.275. The average Bonchev–Trinajstić information content (AvgIpc) is 2.70. The van der Waals surface area contributed by atoms with Gasteiger partial charge in [0.05, 0.1) is 22.7 Å². The fraction of sp³-hybridized carbons (Fsp3) is 0.300. The van der Waals surface area contributed by atoms with Gasteiger partial charge >= 0.3 is 6.36 Å². The van der Waals surface area contributed by atoms with Crippen molar-refractivity contribution in [3.63, 3.8) is 0 Å². The van der Waals surface area contributed by atoms with Crippen molar-refractivity contribution < 1.29 is 41.3 Å². The molecule has 0 aromatic heterocycles. The number of carbonyl (C=O) groups is 1. The summed E-state index contributed by atoms with van der Waals surface area (Å²) < 4.78 is 69.5. The molecule has 0 bridgehead atoms. The van der Waals surface area contributed by atoms with Gasteiger partial charge in [0.1, 0.15) is 4.90 Å². The minimum atomic E-state index is -5.21. The van der Waals surface area contributed by atoms with Gasteiger partial charge in [-0.2, -0.15) is 5.26 Å². The van der Waals surface area contributed by atoms with Crippen LogP contribution in [0.3, 0.4) is 0 Å². The molecule has 0 atom stereocenters. The Morgan fingerprint density at radius 1 is 1.21 bits per heavy atom. The molecule has 3 rings (SSSR count). The first-order valence-corrected chi connectivity index (χ1v) is 11.8. The topological polar surface area (TPSA) is 149 Å². The van der Waals surface area contributed by atoms with E-state index in [0.717, 1.165) is 18.6 Å². The molecule has 2 aromatic rings. The number of alkyl halides is 3. The van der Waals surface area contributed by atoms with Crippen LogP contribution in [0.25, 0.3) is 0 Å². The number of carbonyl (C=O) groups excluding carboxylic acids is 1. The normalized spacial score (nSPS) is 15.1. The van der Waals surface area contributed by atoms with E-state index in [9.17, 15) is 41.9 Å². The number of phenolic OH excluding ortho intramolecular Hbond substituents is 2. The molecule has 4 N–H and O–H groups in total. The summed E-state index contributed by atoms with van der Waals surface area (Å²) in [6.45, 7) is 0. The second kappa shape index (κ2) is 8.88. The summed E-state index contributed by atoms with van der Waals surface area (Å²) in [5.74, 6) is -4.05. The third-order valence-electron chi connectivity index (χ3n) is 5.32. The maximum absolute atomic E-state index is 13.0. The van der Waals surface area contributed by atoms with E-state index in [-0.39, 0.29) is 15.6 Å². The van der Waals surface area contributed by atoms with Gasteiger partial charge in [-0.3, -0.25) is 9.52 Å². The fourth-order valence-corrected chi connectivity index (χ4v) is 5.23. The van der Waals surface area contributed by atoms with Gasteiger partial charge in [0.2, 0.25) is 0 Å². The van der Waals surface area contributed by atoms with Crippen molar-refractivity contribution in [3.8, 4) is 23.3 Å². The molecule has 0 heterocycles. The van der Waals surface area contributed by atoms with Gasteiger partial charge in [-0.1, -0.05) is 15.9 Å². The molecule has 9 nitrogen and oxygen atoms in total. The van der Waals surface area contributed by atoms with E-state index in [2.05, 4.69) is 32.1 Å². The molecule has 2 aromatic carbocycles. The van der Waals surface area contributed by atoms with Gasteiger partial charge in [0.25, 0.3) is 15.9 Å². The average molecular weight is 564 g/mol. The molecule has 0 saturated heterocycles. The Labute approximate surface area is 200 Å². The molecule has 14 heteroatoms. The van der Waals surface area contributed by atoms with Crippen LogP contribution >= 0.6 is 15.9 Å². The fourth-order valence-electron chi connectivity index (χ4n) is 3.45. The second-order valence-electron chi connectivity index (χ2n) is 7.45. The zero-order valence-electron chi connectivity index (χ0n) is 17.3. The van der Waals surface area contributed by atoms with E-state index in [1.54, 1.807) is 0 Å². The molecule has 0 spiro atoms. The Kier molecular flexibility index (Phi) is 6.64. The molecule has 1 aliphatic carbocycles. The van der Waals surface area contributed by atoms with Crippen LogP contribution < -0.4 is 14.8 Å². The molecular weight excluding hydrogens is 547 g/mol. The van der Waals surface area contributed by atoms with Gasteiger partial charge in [-0.25, -0.2) is 8.42 Å². The van der Waals surface area contributed by atoms with Crippen molar-refractivity contribution in [1.82, 2.24) is 5.32 Å². The molecule has 182 valence electrons. The zero-order chi connectivity index (χ0) is 25.5. The van der Waals surface area contributed by atoms with Gasteiger partial charge in [-0.05, 0) is 49.1 Å². The number of ether oxygens (including phenoxy) is 1. The number of nitrogens with one attached hydrogen (secondary N) is 2. The highest BCUT2D eigenvalue weighted by Gasteiger charge is 2.40. The van der Waals surface area contributed by atoms with E-state index < -0.39 is 55.5 Å². The van der Waals surface area contributed by atoms with Crippen LogP contribution in [0.2, 0.25) is 0 Å². The summed E-state index contributed by atoms with van der Waals surface area (Å²) in [4.78, 5) is 11.3. The van der Waals surface area contributed by atoms with Gasteiger partial charge in [0.15, 0.2) is 17.2 Å². The molecule has 34 heavy (non-hydrogen) atoms. The van der Waals surface area contributed by atoms with Gasteiger partial charge in [-0.15, -0.1) is 13.2 Å². The lowest BCUT2D eigenvalue weighted by Crippen LogP contribution is -2.33. The Balaban J connectivity index is 2.14. The van der Waals surface area contributed by atoms with Crippen LogP contribution in [0.15, 0.2) is 33.6 Å². The SMILES string of the molecule is CNC(=O)c1cc(C2(C#N)CCC2)cc(NS(=O)(=O)c2cc(Br)cc(OC(F)(F)F)c2O)c1O. The largest absolute Gasteiger partial charge is 0.573 e. The predicted molar refractivity (Wildman–Crippen MR) is 116 cm³/mol. The Morgan fingerprint density at radius 3 is 2.35 bits per heavy atom. The number of anilines is 1. The molecular formula is C20H17BrF3N3O6S. The summed E-state index contributed by atoms with van der Waals surface area (Å²) in [5, 5.41) is 32.7. The Bertz CT molecular complexity index is 1300. The number of rotatable bonds is 6. The number of benzene rings is 2. The second-order valence-corrected chi connectivity index (χ2v) is 10.0. The van der Waals surface area contributed by atoms with Crippen molar-refractivity contribution >= 4 is 37.5 Å². The van der Waals surface area contributed by atoms with Crippen molar-refractivity contribution in [2.24, 2.45) is 0 Å². The molecule has 1 saturated carbocycles. The number of hydrogen-bond donors (Lipinski definition) is 4. The first-order valence-electron chi connectivity index (χ1n) is 9.55. The van der Waals surface area contributed by atoms with Crippen LogP contribution in [0, 0.1) is 11.3 Å². The van der Waals surface area contributed by atoms with E-state index in [1.165, 1.54) is 19.2 Å². The maximum atomic E-state index is 13.0. The highest BCUT2D eigenvalue weighted by Crippen LogP contribution is 2.46. The first kappa shape index (κ1) is 25.4. The van der Waals surface area contributed by atoms with Crippen molar-refractivity contribution in [1.29, 1.82) is 5.26 Å². The first-order chi connectivity index (χ1) is 15.7. The van der Waals surface area contributed by atoms with Crippen LogP contribution in [0.5, 0.6) is 17.2 Å². The predicted octanol–water partition coefficient (Wildman–Crippen LogP) is 3.86. The minimum absolute atomic E-state index is 0.160. The van der Waals surface area contributed by atoms with Crippen LogP contribution in [0.4, 0.5) is 18.9 Å². The summed E-state index contributed by atoms with van der Waals surface area (Å²) in [6.07, 6.45) is -3.61. The van der Waals surface area contributed by atoms with E-state index in [4.69, 9.17) is 0 Å². The minimum Gasteiger partial charge on any atom is -0.505 e. The molecule has 1 aliphatic rings. The van der Waals surface area contributed by atoms with Crippen molar-refractivity contribution in [2.45, 2.75) is 35.9 Å². The number of halogens is 4. The third kappa shape index (κ3) is 4.85. The number of phenols is 2. The lowest BCUT2D eigenvalue weighted by Gasteiger charge is -2.36. The third-order valence-corrected chi connectivity index (χ3v) is 7.16. The van der Waals surface area contributed by atoms with Crippen LogP contribution in [-0.4, -0.2) is 37.9 Å². The Morgan fingerprint density at radius 2 is 1.85 bits per heavy atom. The van der Waals surface area contributed by atoms with E-state index >= 15 is 0 Å². The molecule has 0 radical (unpaired) electrons. The number of amides is 1. The standard InChI is InChI=1S/C20H17BrF3N3O6S/c1-26-18(30)12-5-10(19(9-25)3-2-4-19)6-13(16(12)28)27-34(31,32)15-8-11(21)7-14(17(15)29)33-20(22,23)24/h5-8,27-29H,2-4H2,1H3,(H,26,30). The molecule has 1 fully saturated rings. The molecule has 0 aliphatic heterocycles. The van der Waals surface area contributed by atoms with Crippen LogP contribution in [-0.2, 0) is 15.4 Å². The van der Waals surface area contributed by atoms with Gasteiger partial charge < -0.3 is 20.3 Å². The number of aromatic hydroxyl groups is 2. The zero-order valence-corrected chi connectivity index (χ0v) is 19.7. The summed E-state index contributed by atoms with van der Waals surface area (Å²) >= 11 is 2.86. The van der Waals surface area contributed by atoms with Crippen molar-refractivity contribution in [3.05, 3.63) is 39.9 Å². The highest BCUT2D eigenvalue weighted by atomic mass is 79.9.